The molecule has 3 heteroatoms. The first-order valence-electron chi connectivity index (χ1n) is 6.72. The fraction of sp³-hybridized carbons (Fsp3) is 0.294. The second-order valence-electron chi connectivity index (χ2n) is 5.19. The molecule has 1 N–H and O–H groups in total. The molecule has 0 bridgehead atoms. The molecule has 0 aliphatic carbocycles. The average Bonchev–Trinajstić information content (AvgIpc) is 2.41. The van der Waals surface area contributed by atoms with Crippen molar-refractivity contribution in [3.8, 4) is 11.5 Å². The minimum atomic E-state index is -0.573. The third-order valence-corrected chi connectivity index (χ3v) is 3.67. The number of rotatable bonds is 4. The van der Waals surface area contributed by atoms with Crippen LogP contribution in [-0.2, 0) is 0 Å². The van der Waals surface area contributed by atoms with Gasteiger partial charge in [0.05, 0.1) is 6.10 Å². The zero-order valence-electron chi connectivity index (χ0n) is 11.9. The number of halogens is 1. The summed E-state index contributed by atoms with van der Waals surface area (Å²) in [5, 5.41) is 9.85. The van der Waals surface area contributed by atoms with Crippen LogP contribution in [0.5, 0.6) is 11.5 Å². The lowest BCUT2D eigenvalue weighted by atomic mass is 10.0. The van der Waals surface area contributed by atoms with Gasteiger partial charge in [-0.05, 0) is 48.7 Å². The molecule has 20 heavy (non-hydrogen) atoms. The van der Waals surface area contributed by atoms with Crippen LogP contribution in [0.15, 0.2) is 46.9 Å². The Morgan fingerprint density at radius 2 is 1.80 bits per heavy atom. The standard InChI is InChI=1S/C17H19BrO2/c1-11(2)13-5-4-6-15(9-13)20-17-8-7-14(18)10-16(17)12(3)19/h4-12,19H,1-3H3. The summed E-state index contributed by atoms with van der Waals surface area (Å²) in [6.07, 6.45) is -0.573. The van der Waals surface area contributed by atoms with Crippen LogP contribution in [0.2, 0.25) is 0 Å². The Hall–Kier alpha value is -1.32. The van der Waals surface area contributed by atoms with Crippen LogP contribution in [-0.4, -0.2) is 5.11 Å². The van der Waals surface area contributed by atoms with Gasteiger partial charge in [0.15, 0.2) is 0 Å². The molecule has 0 aliphatic rings. The molecule has 0 aromatic heterocycles. The number of hydrogen-bond donors (Lipinski definition) is 1. The molecule has 0 saturated heterocycles. The summed E-state index contributed by atoms with van der Waals surface area (Å²) in [5.41, 5.74) is 2.01. The Kier molecular flexibility index (Phi) is 4.84. The topological polar surface area (TPSA) is 29.5 Å². The highest BCUT2D eigenvalue weighted by molar-refractivity contribution is 9.10. The van der Waals surface area contributed by atoms with Crippen LogP contribution in [0.3, 0.4) is 0 Å². The van der Waals surface area contributed by atoms with Gasteiger partial charge in [-0.2, -0.15) is 0 Å². The molecule has 106 valence electrons. The summed E-state index contributed by atoms with van der Waals surface area (Å²) in [4.78, 5) is 0. The van der Waals surface area contributed by atoms with E-state index in [-0.39, 0.29) is 0 Å². The molecule has 2 aromatic carbocycles. The first-order chi connectivity index (χ1) is 9.47. The van der Waals surface area contributed by atoms with E-state index in [0.717, 1.165) is 15.8 Å². The molecular weight excluding hydrogens is 316 g/mol. The van der Waals surface area contributed by atoms with E-state index in [4.69, 9.17) is 4.74 Å². The molecule has 0 aliphatic heterocycles. The Bertz CT molecular complexity index is 591. The van der Waals surface area contributed by atoms with Crippen molar-refractivity contribution < 1.29 is 9.84 Å². The fourth-order valence-corrected chi connectivity index (χ4v) is 2.38. The number of aliphatic hydroxyl groups excluding tert-OH is 1. The smallest absolute Gasteiger partial charge is 0.133 e. The van der Waals surface area contributed by atoms with E-state index in [0.29, 0.717) is 11.7 Å². The van der Waals surface area contributed by atoms with E-state index in [1.165, 1.54) is 5.56 Å². The molecule has 0 spiro atoms. The van der Waals surface area contributed by atoms with Gasteiger partial charge in [-0.1, -0.05) is 41.9 Å². The fourth-order valence-electron chi connectivity index (χ4n) is 2.00. The second-order valence-corrected chi connectivity index (χ2v) is 6.10. The van der Waals surface area contributed by atoms with Crippen LogP contribution in [0.1, 0.15) is 43.9 Å². The summed E-state index contributed by atoms with van der Waals surface area (Å²) in [7, 11) is 0. The zero-order chi connectivity index (χ0) is 14.7. The van der Waals surface area contributed by atoms with E-state index >= 15 is 0 Å². The monoisotopic (exact) mass is 334 g/mol. The van der Waals surface area contributed by atoms with E-state index < -0.39 is 6.10 Å². The summed E-state index contributed by atoms with van der Waals surface area (Å²) in [6, 6.07) is 13.7. The van der Waals surface area contributed by atoms with E-state index in [2.05, 4.69) is 35.8 Å². The first-order valence-corrected chi connectivity index (χ1v) is 7.52. The maximum atomic E-state index is 9.85. The number of aliphatic hydroxyl groups is 1. The minimum absolute atomic E-state index is 0.458. The van der Waals surface area contributed by atoms with Crippen molar-refractivity contribution in [3.05, 3.63) is 58.1 Å². The highest BCUT2D eigenvalue weighted by Crippen LogP contribution is 2.32. The van der Waals surface area contributed by atoms with Gasteiger partial charge in [0.25, 0.3) is 0 Å². The molecule has 0 radical (unpaired) electrons. The summed E-state index contributed by atoms with van der Waals surface area (Å²) >= 11 is 3.41. The Morgan fingerprint density at radius 3 is 2.45 bits per heavy atom. The van der Waals surface area contributed by atoms with Crippen molar-refractivity contribution in [2.45, 2.75) is 32.8 Å². The molecule has 2 aromatic rings. The lowest BCUT2D eigenvalue weighted by Crippen LogP contribution is -1.97. The predicted octanol–water partition coefficient (Wildman–Crippen LogP) is 5.42. The summed E-state index contributed by atoms with van der Waals surface area (Å²) < 4.78 is 6.86. The van der Waals surface area contributed by atoms with Gasteiger partial charge in [0, 0.05) is 10.0 Å². The zero-order valence-corrected chi connectivity index (χ0v) is 13.5. The van der Waals surface area contributed by atoms with Gasteiger partial charge in [0.2, 0.25) is 0 Å². The summed E-state index contributed by atoms with van der Waals surface area (Å²) in [5.74, 6) is 1.93. The number of hydrogen-bond acceptors (Lipinski definition) is 2. The van der Waals surface area contributed by atoms with Crippen molar-refractivity contribution in [2.75, 3.05) is 0 Å². The van der Waals surface area contributed by atoms with Crippen LogP contribution in [0, 0.1) is 0 Å². The van der Waals surface area contributed by atoms with Gasteiger partial charge in [0.1, 0.15) is 11.5 Å². The molecule has 2 rings (SSSR count). The first kappa shape index (κ1) is 15.1. The molecule has 0 amide bonds. The molecule has 2 nitrogen and oxygen atoms in total. The molecule has 0 saturated carbocycles. The van der Waals surface area contributed by atoms with Crippen molar-refractivity contribution in [1.82, 2.24) is 0 Å². The van der Waals surface area contributed by atoms with Gasteiger partial charge < -0.3 is 9.84 Å². The maximum Gasteiger partial charge on any atom is 0.133 e. The molecule has 1 unspecified atom stereocenters. The van der Waals surface area contributed by atoms with Crippen LogP contribution >= 0.6 is 15.9 Å². The van der Waals surface area contributed by atoms with E-state index in [1.54, 1.807) is 6.92 Å². The predicted molar refractivity (Wildman–Crippen MR) is 85.4 cm³/mol. The lowest BCUT2D eigenvalue weighted by molar-refractivity contribution is 0.195. The Labute approximate surface area is 128 Å². The molecule has 0 heterocycles. The Balaban J connectivity index is 2.32. The third-order valence-electron chi connectivity index (χ3n) is 3.17. The quantitative estimate of drug-likeness (QED) is 0.809. The number of benzene rings is 2. The maximum absolute atomic E-state index is 9.85. The number of ether oxygens (including phenoxy) is 1. The van der Waals surface area contributed by atoms with Crippen molar-refractivity contribution >= 4 is 15.9 Å². The molecule has 0 fully saturated rings. The summed E-state index contributed by atoms with van der Waals surface area (Å²) in [6.45, 7) is 6.04. The molecular formula is C17H19BrO2. The van der Waals surface area contributed by atoms with Crippen LogP contribution < -0.4 is 4.74 Å². The van der Waals surface area contributed by atoms with Crippen molar-refractivity contribution in [3.63, 3.8) is 0 Å². The SMILES string of the molecule is CC(C)c1cccc(Oc2ccc(Br)cc2C(C)O)c1. The van der Waals surface area contributed by atoms with Gasteiger partial charge in [-0.15, -0.1) is 0 Å². The van der Waals surface area contributed by atoms with Gasteiger partial charge in [-0.3, -0.25) is 0 Å². The van der Waals surface area contributed by atoms with E-state index in [9.17, 15) is 5.11 Å². The minimum Gasteiger partial charge on any atom is -0.457 e. The van der Waals surface area contributed by atoms with Crippen LogP contribution in [0.4, 0.5) is 0 Å². The highest BCUT2D eigenvalue weighted by Gasteiger charge is 2.11. The average molecular weight is 335 g/mol. The third kappa shape index (κ3) is 3.62. The van der Waals surface area contributed by atoms with Crippen LogP contribution in [0.25, 0.3) is 0 Å². The normalized spacial score (nSPS) is 12.5. The van der Waals surface area contributed by atoms with Crippen molar-refractivity contribution in [1.29, 1.82) is 0 Å². The van der Waals surface area contributed by atoms with E-state index in [1.807, 2.05) is 36.4 Å². The second kappa shape index (κ2) is 6.42. The van der Waals surface area contributed by atoms with Gasteiger partial charge >= 0.3 is 0 Å². The largest absolute Gasteiger partial charge is 0.457 e. The van der Waals surface area contributed by atoms with Crippen molar-refractivity contribution in [2.24, 2.45) is 0 Å². The lowest BCUT2D eigenvalue weighted by Gasteiger charge is -2.15. The highest BCUT2D eigenvalue weighted by atomic mass is 79.9. The Morgan fingerprint density at radius 1 is 1.05 bits per heavy atom. The van der Waals surface area contributed by atoms with Gasteiger partial charge in [-0.25, -0.2) is 0 Å². The molecule has 1 atom stereocenters.